The molecule has 4 aromatic rings. The Balaban J connectivity index is 1.85. The molecule has 0 atom stereocenters. The van der Waals surface area contributed by atoms with Crippen molar-refractivity contribution in [2.75, 3.05) is 6.16 Å². The van der Waals surface area contributed by atoms with Gasteiger partial charge in [-0.15, -0.1) is 0 Å². The summed E-state index contributed by atoms with van der Waals surface area (Å²) < 4.78 is 22.4. The molecule has 0 unspecified atom stereocenters. The lowest BCUT2D eigenvalue weighted by molar-refractivity contribution is 0.0951. The van der Waals surface area contributed by atoms with Gasteiger partial charge in [-0.1, -0.05) is 109 Å². The molecule has 35 heavy (non-hydrogen) atoms. The molecule has 176 valence electrons. The summed E-state index contributed by atoms with van der Waals surface area (Å²) in [5, 5.41) is 1.58. The number of benzene rings is 4. The van der Waals surface area contributed by atoms with Gasteiger partial charge in [-0.05, 0) is 30.8 Å². The second kappa shape index (κ2) is 8.87. The molecule has 4 aromatic carbocycles. The molecular formula is C30H29O3PSi. The summed E-state index contributed by atoms with van der Waals surface area (Å²) >= 11 is 0. The average Bonchev–Trinajstić information content (AvgIpc) is 2.87. The summed E-state index contributed by atoms with van der Waals surface area (Å²) in [6.45, 7) is 6.44. The van der Waals surface area contributed by atoms with Crippen molar-refractivity contribution < 1.29 is 13.8 Å². The Morgan fingerprint density at radius 2 is 1.06 bits per heavy atom. The van der Waals surface area contributed by atoms with E-state index in [4.69, 9.17) is 4.43 Å². The van der Waals surface area contributed by atoms with Crippen molar-refractivity contribution in [1.82, 2.24) is 0 Å². The number of hydrogen-bond acceptors (Lipinski definition) is 3. The highest BCUT2D eigenvalue weighted by atomic mass is 31.2. The molecule has 0 saturated carbocycles. The molecule has 0 heterocycles. The third kappa shape index (κ3) is 4.16. The smallest absolute Gasteiger partial charge is 0.193 e. The van der Waals surface area contributed by atoms with Crippen LogP contribution in [0.25, 0.3) is 0 Å². The van der Waals surface area contributed by atoms with Gasteiger partial charge in [0.1, 0.15) is 12.7 Å². The van der Waals surface area contributed by atoms with Gasteiger partial charge in [-0.25, -0.2) is 0 Å². The third-order valence-corrected chi connectivity index (χ3v) is 10.6. The first-order valence-corrected chi connectivity index (χ1v) is 17.2. The van der Waals surface area contributed by atoms with Gasteiger partial charge in [0.15, 0.2) is 14.1 Å². The summed E-state index contributed by atoms with van der Waals surface area (Å²) in [6, 6.07) is 34.7. The topological polar surface area (TPSA) is 43.4 Å². The van der Waals surface area contributed by atoms with E-state index in [0.717, 1.165) is 21.7 Å². The zero-order chi connectivity index (χ0) is 24.7. The van der Waals surface area contributed by atoms with Crippen LogP contribution in [0.15, 0.2) is 109 Å². The highest BCUT2D eigenvalue weighted by Gasteiger charge is 2.51. The molecule has 5 rings (SSSR count). The lowest BCUT2D eigenvalue weighted by Crippen LogP contribution is -2.49. The first kappa shape index (κ1) is 23.7. The van der Waals surface area contributed by atoms with Crippen LogP contribution in [0.1, 0.15) is 27.0 Å². The molecule has 1 aliphatic rings. The second-order valence-electron chi connectivity index (χ2n) is 10.0. The van der Waals surface area contributed by atoms with E-state index in [1.165, 1.54) is 0 Å². The Morgan fingerprint density at radius 3 is 1.49 bits per heavy atom. The van der Waals surface area contributed by atoms with Crippen molar-refractivity contribution >= 4 is 31.9 Å². The van der Waals surface area contributed by atoms with Crippen LogP contribution >= 0.6 is 7.14 Å². The summed E-state index contributed by atoms with van der Waals surface area (Å²) in [6.07, 6.45) is 0.236. The monoisotopic (exact) mass is 496 g/mol. The fraction of sp³-hybridized carbons (Fsp3) is 0.167. The maximum atomic E-state index is 15.3. The quantitative estimate of drug-likeness (QED) is 0.231. The van der Waals surface area contributed by atoms with Gasteiger partial charge in [0.05, 0.1) is 0 Å². The van der Waals surface area contributed by atoms with E-state index in [0.29, 0.717) is 11.1 Å². The second-order valence-corrected chi connectivity index (χ2v) is 17.3. The fourth-order valence-corrected chi connectivity index (χ4v) is 9.64. The Labute approximate surface area is 208 Å². The lowest BCUT2D eigenvalue weighted by atomic mass is 9.75. The molecule has 0 fully saturated rings. The maximum Gasteiger partial charge on any atom is 0.193 e. The summed E-state index contributed by atoms with van der Waals surface area (Å²) in [4.78, 5) is 13.6. The van der Waals surface area contributed by atoms with Crippen molar-refractivity contribution in [3.05, 3.63) is 131 Å². The van der Waals surface area contributed by atoms with E-state index >= 15 is 4.57 Å². The largest absolute Gasteiger partial charge is 0.404 e. The van der Waals surface area contributed by atoms with Crippen LogP contribution in [-0.4, -0.2) is 20.3 Å². The normalized spacial score (nSPS) is 14.8. The molecule has 1 aliphatic carbocycles. The predicted octanol–water partition coefficient (Wildman–Crippen LogP) is 6.34. The average molecular weight is 497 g/mol. The summed E-state index contributed by atoms with van der Waals surface area (Å²) in [7, 11) is -5.40. The molecule has 0 N–H and O–H groups in total. The first-order valence-electron chi connectivity index (χ1n) is 11.9. The third-order valence-electron chi connectivity index (χ3n) is 6.49. The number of fused-ring (bicyclic) bond motifs is 2. The summed E-state index contributed by atoms with van der Waals surface area (Å²) in [5.41, 5.74) is 1.83. The Kier molecular flexibility index (Phi) is 6.00. The molecular weight excluding hydrogens is 467 g/mol. The van der Waals surface area contributed by atoms with E-state index in [1.54, 1.807) is 0 Å². The molecule has 0 aliphatic heterocycles. The zero-order valence-corrected chi connectivity index (χ0v) is 22.2. The van der Waals surface area contributed by atoms with E-state index in [1.807, 2.05) is 109 Å². The van der Waals surface area contributed by atoms with Crippen LogP contribution in [0.5, 0.6) is 0 Å². The van der Waals surface area contributed by atoms with Crippen LogP contribution in [0.3, 0.4) is 0 Å². The first-order chi connectivity index (χ1) is 16.7. The van der Waals surface area contributed by atoms with Crippen LogP contribution < -0.4 is 10.6 Å². The molecule has 0 bridgehead atoms. The van der Waals surface area contributed by atoms with Gasteiger partial charge < -0.3 is 8.99 Å². The van der Waals surface area contributed by atoms with E-state index in [-0.39, 0.29) is 11.9 Å². The number of carbonyl (C=O) groups excluding carboxylic acids is 1. The van der Waals surface area contributed by atoms with Gasteiger partial charge in [0, 0.05) is 27.9 Å². The predicted molar refractivity (Wildman–Crippen MR) is 146 cm³/mol. The molecule has 0 saturated heterocycles. The highest BCUT2D eigenvalue weighted by molar-refractivity contribution is 7.78. The van der Waals surface area contributed by atoms with Crippen molar-refractivity contribution in [2.45, 2.75) is 25.2 Å². The molecule has 0 radical (unpaired) electrons. The minimum atomic E-state index is -3.19. The molecule has 0 spiro atoms. The number of rotatable bonds is 6. The van der Waals surface area contributed by atoms with Gasteiger partial charge in [0.2, 0.25) is 0 Å². The molecule has 0 aromatic heterocycles. The van der Waals surface area contributed by atoms with Crippen LogP contribution in [0, 0.1) is 0 Å². The SMILES string of the molecule is C[Si](C)(C)OC1(CP(=O)(c2ccccc2)c2ccccc2)c2ccccc2C(=O)c2ccccc21. The standard InChI is InChI=1S/C30H29O3PSi/c1-35(2,3)33-30(22-34(32,23-14-6-4-7-15-23)24-16-8-5-9-17-24)27-20-12-10-18-25(27)29(31)26-19-11-13-21-28(26)30/h4-21H,22H2,1-3H3. The van der Waals surface area contributed by atoms with Crippen molar-refractivity contribution in [3.8, 4) is 0 Å². The van der Waals surface area contributed by atoms with Gasteiger partial charge >= 0.3 is 0 Å². The molecule has 3 nitrogen and oxygen atoms in total. The Bertz CT molecular complexity index is 1330. The van der Waals surface area contributed by atoms with Gasteiger partial charge in [-0.3, -0.25) is 4.79 Å². The van der Waals surface area contributed by atoms with Gasteiger partial charge in [0.25, 0.3) is 0 Å². The minimum Gasteiger partial charge on any atom is -0.404 e. The zero-order valence-electron chi connectivity index (χ0n) is 20.3. The molecule has 0 amide bonds. The van der Waals surface area contributed by atoms with Crippen LogP contribution in [0.2, 0.25) is 19.6 Å². The number of ketones is 1. The van der Waals surface area contributed by atoms with Crippen molar-refractivity contribution in [2.24, 2.45) is 0 Å². The molecule has 5 heteroatoms. The van der Waals surface area contributed by atoms with Gasteiger partial charge in [-0.2, -0.15) is 0 Å². The Morgan fingerprint density at radius 1 is 0.657 bits per heavy atom. The fourth-order valence-electron chi connectivity index (χ4n) is 5.17. The van der Waals surface area contributed by atoms with Crippen LogP contribution in [0.4, 0.5) is 0 Å². The Hall–Kier alpha value is -3.04. The van der Waals surface area contributed by atoms with E-state index in [2.05, 4.69) is 19.6 Å². The minimum absolute atomic E-state index is 0.0137. The van der Waals surface area contributed by atoms with Crippen molar-refractivity contribution in [3.63, 3.8) is 0 Å². The lowest BCUT2D eigenvalue weighted by Gasteiger charge is -2.45. The van der Waals surface area contributed by atoms with Crippen molar-refractivity contribution in [1.29, 1.82) is 0 Å². The number of carbonyl (C=O) groups is 1. The highest BCUT2D eigenvalue weighted by Crippen LogP contribution is 2.55. The maximum absolute atomic E-state index is 15.3. The van der Waals surface area contributed by atoms with E-state index in [9.17, 15) is 4.79 Å². The summed E-state index contributed by atoms with van der Waals surface area (Å²) in [5.74, 6) is -0.0137. The van der Waals surface area contributed by atoms with E-state index < -0.39 is 21.1 Å². The van der Waals surface area contributed by atoms with Crippen LogP contribution in [-0.2, 0) is 14.6 Å². The number of hydrogen-bond donors (Lipinski definition) is 0.